The van der Waals surface area contributed by atoms with Crippen LogP contribution in [0.25, 0.3) is 11.8 Å². The van der Waals surface area contributed by atoms with E-state index in [2.05, 4.69) is 40.0 Å². The molecule has 3 N–H and O–H groups in total. The van der Waals surface area contributed by atoms with E-state index in [-0.39, 0.29) is 11.7 Å². The van der Waals surface area contributed by atoms with Crippen molar-refractivity contribution in [3.63, 3.8) is 0 Å². The molecule has 5 aromatic rings. The molecule has 0 radical (unpaired) electrons. The zero-order chi connectivity index (χ0) is 27.5. The van der Waals surface area contributed by atoms with E-state index in [1.165, 1.54) is 9.25 Å². The molecule has 1 saturated carbocycles. The number of allylic oxidation sites excluding steroid dienone is 1. The predicted octanol–water partition coefficient (Wildman–Crippen LogP) is 4.94. The third kappa shape index (κ3) is 5.08. The second-order valence-corrected chi connectivity index (χ2v) is 10.3. The molecule has 2 heterocycles. The van der Waals surface area contributed by atoms with Gasteiger partial charge in [-0.25, -0.2) is 28.9 Å². The number of anilines is 1. The fourth-order valence-electron chi connectivity index (χ4n) is 5.63. The molecule has 1 aliphatic carbocycles. The smallest absolute Gasteiger partial charge is 0.352 e. The van der Waals surface area contributed by atoms with Gasteiger partial charge in [0.15, 0.2) is 0 Å². The number of nitrogens with one attached hydrogen (secondary N) is 1. The fourth-order valence-corrected chi connectivity index (χ4v) is 5.63. The van der Waals surface area contributed by atoms with E-state index in [4.69, 9.17) is 10.7 Å². The Hall–Kier alpha value is -4.85. The molecule has 8 nitrogen and oxygen atoms in total. The molecule has 1 atom stereocenters. The van der Waals surface area contributed by atoms with Crippen molar-refractivity contribution in [1.29, 1.82) is 0 Å². The largest absolute Gasteiger partial charge is 0.369 e. The van der Waals surface area contributed by atoms with Crippen molar-refractivity contribution in [3.05, 3.63) is 140 Å². The minimum absolute atomic E-state index is 0.260. The van der Waals surface area contributed by atoms with Crippen molar-refractivity contribution in [2.24, 2.45) is 0 Å². The number of nitrogens with zero attached hydrogens (tertiary/aromatic N) is 4. The fraction of sp³-hybridized carbons (Fsp3) is 0.219. The number of aromatic amines is 1. The maximum absolute atomic E-state index is 13.5. The Morgan fingerprint density at radius 2 is 1.52 bits per heavy atom. The summed E-state index contributed by atoms with van der Waals surface area (Å²) in [5.74, 6) is 0.454. The predicted molar refractivity (Wildman–Crippen MR) is 158 cm³/mol. The number of nitrogen functional groups attached to an aromatic ring is 1. The third-order valence-electron chi connectivity index (χ3n) is 7.62. The summed E-state index contributed by atoms with van der Waals surface area (Å²) in [4.78, 5) is 31.2. The molecule has 0 bridgehead atoms. The number of rotatable bonds is 7. The molecule has 40 heavy (non-hydrogen) atoms. The summed E-state index contributed by atoms with van der Waals surface area (Å²) in [5, 5.41) is 2.82. The van der Waals surface area contributed by atoms with Crippen LogP contribution in [-0.4, -0.2) is 23.9 Å². The van der Waals surface area contributed by atoms with Crippen molar-refractivity contribution in [3.8, 4) is 5.69 Å². The van der Waals surface area contributed by atoms with Crippen molar-refractivity contribution in [2.75, 3.05) is 5.73 Å². The zero-order valence-corrected chi connectivity index (χ0v) is 22.2. The van der Waals surface area contributed by atoms with Crippen molar-refractivity contribution >= 4 is 12.0 Å². The molecule has 1 fully saturated rings. The van der Waals surface area contributed by atoms with Gasteiger partial charge in [-0.3, -0.25) is 0 Å². The maximum atomic E-state index is 13.5. The average Bonchev–Trinajstić information content (AvgIpc) is 3.44. The Bertz CT molecular complexity index is 1740. The van der Waals surface area contributed by atoms with Crippen LogP contribution in [0.5, 0.6) is 0 Å². The van der Waals surface area contributed by atoms with Crippen molar-refractivity contribution in [2.45, 2.75) is 44.7 Å². The molecular weight excluding hydrogens is 500 g/mol. The highest BCUT2D eigenvalue weighted by Crippen LogP contribution is 2.34. The zero-order valence-electron chi connectivity index (χ0n) is 22.2. The standard InChI is InChI=1S/C32H32N6O2/c33-30-34-27(29(20-23-12-4-1-5-13-23)36(30)22-24-14-6-2-7-15-24)21-25-16-10-11-19-28(25)38-32(40)37(31(39)35-38)26-17-8-3-9-18-26/h1-9,12-15,17-18,21,28H,10-11,16,19-20,22H2,(H2,33,34)(H,35,39)/b25-21-/t28-/m1/s1. The lowest BCUT2D eigenvalue weighted by Crippen LogP contribution is -2.30. The Morgan fingerprint density at radius 3 is 2.23 bits per heavy atom. The molecule has 8 heteroatoms. The van der Waals surface area contributed by atoms with E-state index in [9.17, 15) is 9.59 Å². The Labute approximate surface area is 232 Å². The summed E-state index contributed by atoms with van der Waals surface area (Å²) >= 11 is 0. The van der Waals surface area contributed by atoms with Crippen LogP contribution in [0.2, 0.25) is 0 Å². The highest BCUT2D eigenvalue weighted by Gasteiger charge is 2.26. The Balaban J connectivity index is 1.43. The number of para-hydroxylation sites is 1. The monoisotopic (exact) mass is 532 g/mol. The molecule has 6 rings (SSSR count). The molecule has 1 aliphatic rings. The number of H-pyrrole nitrogens is 1. The second kappa shape index (κ2) is 11.1. The Kier molecular flexibility index (Phi) is 7.06. The number of benzene rings is 3. The van der Waals surface area contributed by atoms with Crippen LogP contribution in [0.1, 0.15) is 54.2 Å². The van der Waals surface area contributed by atoms with Crippen molar-refractivity contribution < 1.29 is 0 Å². The van der Waals surface area contributed by atoms with Gasteiger partial charge >= 0.3 is 11.4 Å². The number of hydrogen-bond donors (Lipinski definition) is 2. The first kappa shape index (κ1) is 25.4. The molecule has 202 valence electrons. The van der Waals surface area contributed by atoms with Gasteiger partial charge < -0.3 is 10.3 Å². The van der Waals surface area contributed by atoms with Crippen LogP contribution in [0.15, 0.2) is 106 Å². The minimum atomic E-state index is -0.442. The van der Waals surface area contributed by atoms with Gasteiger partial charge in [0.25, 0.3) is 0 Å². The summed E-state index contributed by atoms with van der Waals surface area (Å²) in [6, 6.07) is 29.2. The Morgan fingerprint density at radius 1 is 0.875 bits per heavy atom. The van der Waals surface area contributed by atoms with E-state index in [0.717, 1.165) is 53.8 Å². The van der Waals surface area contributed by atoms with Gasteiger partial charge in [0.05, 0.1) is 29.7 Å². The minimum Gasteiger partial charge on any atom is -0.369 e. The van der Waals surface area contributed by atoms with Gasteiger partial charge in [-0.1, -0.05) is 85.3 Å². The lowest BCUT2D eigenvalue weighted by Gasteiger charge is -2.25. The molecule has 0 unspecified atom stereocenters. The normalized spacial score (nSPS) is 16.4. The van der Waals surface area contributed by atoms with Crippen LogP contribution in [0.3, 0.4) is 0 Å². The highest BCUT2D eigenvalue weighted by atomic mass is 16.2. The molecular formula is C32H32N6O2. The van der Waals surface area contributed by atoms with Gasteiger partial charge in [0.1, 0.15) is 0 Å². The number of aromatic nitrogens is 5. The number of imidazole rings is 1. The van der Waals surface area contributed by atoms with Gasteiger partial charge in [-0.05, 0) is 54.2 Å². The highest BCUT2D eigenvalue weighted by molar-refractivity contribution is 5.57. The van der Waals surface area contributed by atoms with Gasteiger partial charge in [0, 0.05) is 6.42 Å². The summed E-state index contributed by atoms with van der Waals surface area (Å²) in [5.41, 5.74) is 11.5. The first-order valence-corrected chi connectivity index (χ1v) is 13.7. The lowest BCUT2D eigenvalue weighted by atomic mass is 9.89. The van der Waals surface area contributed by atoms with E-state index >= 15 is 0 Å². The van der Waals surface area contributed by atoms with E-state index in [0.29, 0.717) is 24.6 Å². The van der Waals surface area contributed by atoms with E-state index in [1.807, 2.05) is 54.6 Å². The number of hydrogen-bond acceptors (Lipinski definition) is 4. The molecule has 0 spiro atoms. The summed E-state index contributed by atoms with van der Waals surface area (Å²) in [6.07, 6.45) is 6.30. The summed E-state index contributed by atoms with van der Waals surface area (Å²) in [7, 11) is 0. The first-order chi connectivity index (χ1) is 19.6. The summed E-state index contributed by atoms with van der Waals surface area (Å²) in [6.45, 7) is 0.612. The van der Waals surface area contributed by atoms with E-state index in [1.54, 1.807) is 12.1 Å². The second-order valence-electron chi connectivity index (χ2n) is 10.3. The van der Waals surface area contributed by atoms with Gasteiger partial charge in [-0.15, -0.1) is 0 Å². The molecule has 0 saturated heterocycles. The molecule has 2 aromatic heterocycles. The van der Waals surface area contributed by atoms with Gasteiger partial charge in [0.2, 0.25) is 5.95 Å². The SMILES string of the molecule is Nc1nc(/C=C2/CCCC[C@H]2n2[nH]c(=O)n(-c3ccccc3)c2=O)c(Cc2ccccc2)n1Cc1ccccc1. The molecule has 0 aliphatic heterocycles. The lowest BCUT2D eigenvalue weighted by molar-refractivity contribution is 0.401. The van der Waals surface area contributed by atoms with Crippen LogP contribution >= 0.6 is 0 Å². The number of nitrogens with two attached hydrogens (primary N) is 1. The van der Waals surface area contributed by atoms with Crippen LogP contribution in [0.4, 0.5) is 5.95 Å². The third-order valence-corrected chi connectivity index (χ3v) is 7.62. The maximum Gasteiger partial charge on any atom is 0.352 e. The molecule has 3 aromatic carbocycles. The van der Waals surface area contributed by atoms with Gasteiger partial charge in [-0.2, -0.15) is 0 Å². The van der Waals surface area contributed by atoms with Crippen LogP contribution < -0.4 is 17.1 Å². The first-order valence-electron chi connectivity index (χ1n) is 13.7. The van der Waals surface area contributed by atoms with Crippen LogP contribution in [-0.2, 0) is 13.0 Å². The summed E-state index contributed by atoms with van der Waals surface area (Å²) < 4.78 is 4.76. The quantitative estimate of drug-likeness (QED) is 0.310. The van der Waals surface area contributed by atoms with E-state index < -0.39 is 5.69 Å². The topological polar surface area (TPSA) is 104 Å². The van der Waals surface area contributed by atoms with Crippen LogP contribution in [0, 0.1) is 0 Å². The molecule has 0 amide bonds. The van der Waals surface area contributed by atoms with Crippen molar-refractivity contribution in [1.82, 2.24) is 23.9 Å². The average molecular weight is 533 g/mol.